The van der Waals surface area contributed by atoms with Crippen LogP contribution >= 0.6 is 0 Å². The predicted octanol–water partition coefficient (Wildman–Crippen LogP) is 3.70. The van der Waals surface area contributed by atoms with Gasteiger partial charge in [0, 0.05) is 30.9 Å². The number of nitrogens with zero attached hydrogens (tertiary/aromatic N) is 1. The summed E-state index contributed by atoms with van der Waals surface area (Å²) in [5.41, 5.74) is 3.66. The van der Waals surface area contributed by atoms with Crippen molar-refractivity contribution in [2.24, 2.45) is 5.41 Å². The molecule has 1 N–H and O–H groups in total. The van der Waals surface area contributed by atoms with Crippen LogP contribution in [0.25, 0.3) is 0 Å². The minimum Gasteiger partial charge on any atom is -0.385 e. The molecule has 1 fully saturated rings. The minimum atomic E-state index is 0.230. The molecule has 1 aromatic carbocycles. The largest absolute Gasteiger partial charge is 0.385 e. The summed E-state index contributed by atoms with van der Waals surface area (Å²) in [6, 6.07) is 6.10. The molecule has 1 aromatic rings. The van der Waals surface area contributed by atoms with Crippen LogP contribution in [0.4, 0.5) is 5.69 Å². The summed E-state index contributed by atoms with van der Waals surface area (Å²) < 4.78 is 0. The third kappa shape index (κ3) is 3.07. The van der Waals surface area contributed by atoms with Gasteiger partial charge in [0.25, 0.3) is 5.91 Å². The number of likely N-dealkylation sites (tertiary alicyclic amines) is 1. The molecule has 2 aliphatic rings. The lowest BCUT2D eigenvalue weighted by Crippen LogP contribution is -2.33. The van der Waals surface area contributed by atoms with E-state index >= 15 is 0 Å². The van der Waals surface area contributed by atoms with Crippen molar-refractivity contribution in [3.63, 3.8) is 0 Å². The van der Waals surface area contributed by atoms with Crippen LogP contribution < -0.4 is 5.32 Å². The maximum absolute atomic E-state index is 12.9. The van der Waals surface area contributed by atoms with Gasteiger partial charge in [-0.2, -0.15) is 0 Å². The number of fused-ring (bicyclic) bond motifs is 1. The molecule has 3 nitrogen and oxygen atoms in total. The van der Waals surface area contributed by atoms with Crippen molar-refractivity contribution < 1.29 is 4.79 Å². The lowest BCUT2D eigenvalue weighted by atomic mass is 9.85. The average molecular weight is 286 g/mol. The molecular formula is C18H26N2O. The van der Waals surface area contributed by atoms with Gasteiger partial charge >= 0.3 is 0 Å². The highest BCUT2D eigenvalue weighted by molar-refractivity contribution is 5.97. The zero-order chi connectivity index (χ0) is 14.9. The van der Waals surface area contributed by atoms with Gasteiger partial charge in [-0.25, -0.2) is 0 Å². The fourth-order valence-electron chi connectivity index (χ4n) is 3.51. The fraction of sp³-hybridized carbons (Fsp3) is 0.611. The zero-order valence-corrected chi connectivity index (χ0v) is 13.2. The maximum atomic E-state index is 12.9. The van der Waals surface area contributed by atoms with Crippen LogP contribution in [-0.2, 0) is 6.42 Å². The van der Waals surface area contributed by atoms with Crippen LogP contribution in [0.15, 0.2) is 18.2 Å². The van der Waals surface area contributed by atoms with E-state index in [2.05, 4.69) is 30.1 Å². The Balaban J connectivity index is 1.82. The molecular weight excluding hydrogens is 260 g/mol. The minimum absolute atomic E-state index is 0.230. The van der Waals surface area contributed by atoms with Crippen LogP contribution in [0, 0.1) is 5.41 Å². The summed E-state index contributed by atoms with van der Waals surface area (Å²) in [6.07, 6.45) is 5.57. The molecule has 0 aliphatic carbocycles. The third-order valence-corrected chi connectivity index (χ3v) is 4.95. The van der Waals surface area contributed by atoms with E-state index in [0.717, 1.165) is 56.6 Å². The Labute approximate surface area is 127 Å². The Bertz CT molecular complexity index is 536. The van der Waals surface area contributed by atoms with Gasteiger partial charge < -0.3 is 10.2 Å². The highest BCUT2D eigenvalue weighted by Gasteiger charge is 2.27. The summed E-state index contributed by atoms with van der Waals surface area (Å²) in [7, 11) is 0. The average Bonchev–Trinajstić information content (AvgIpc) is 2.67. The maximum Gasteiger partial charge on any atom is 0.254 e. The first kappa shape index (κ1) is 14.4. The standard InChI is InChI=1S/C18H26N2O/c1-18(2)9-5-12-20(13-10-18)17(21)15-6-3-8-16-14(15)7-4-11-19-16/h3,6,8,19H,4-5,7,9-13H2,1-2H3. The van der Waals surface area contributed by atoms with Crippen molar-refractivity contribution in [2.75, 3.05) is 25.0 Å². The molecule has 114 valence electrons. The SMILES string of the molecule is CC1(C)CCCN(C(=O)c2cccc3c2CCCN3)CC1. The molecule has 2 aliphatic heterocycles. The van der Waals surface area contributed by atoms with E-state index in [4.69, 9.17) is 0 Å². The van der Waals surface area contributed by atoms with Crippen LogP contribution in [-0.4, -0.2) is 30.4 Å². The molecule has 0 atom stereocenters. The second-order valence-electron chi connectivity index (χ2n) is 7.17. The number of amides is 1. The van der Waals surface area contributed by atoms with Gasteiger partial charge in [0.2, 0.25) is 0 Å². The first-order valence-electron chi connectivity index (χ1n) is 8.22. The van der Waals surface area contributed by atoms with Crippen molar-refractivity contribution in [3.05, 3.63) is 29.3 Å². The first-order chi connectivity index (χ1) is 10.1. The molecule has 3 rings (SSSR count). The smallest absolute Gasteiger partial charge is 0.254 e. The second-order valence-corrected chi connectivity index (χ2v) is 7.17. The summed E-state index contributed by atoms with van der Waals surface area (Å²) >= 11 is 0. The van der Waals surface area contributed by atoms with E-state index < -0.39 is 0 Å². The van der Waals surface area contributed by atoms with Crippen LogP contribution in [0.1, 0.15) is 55.5 Å². The lowest BCUT2D eigenvalue weighted by molar-refractivity contribution is 0.0756. The summed E-state index contributed by atoms with van der Waals surface area (Å²) in [5, 5.41) is 3.42. The molecule has 21 heavy (non-hydrogen) atoms. The van der Waals surface area contributed by atoms with E-state index in [0.29, 0.717) is 5.41 Å². The monoisotopic (exact) mass is 286 g/mol. The predicted molar refractivity (Wildman–Crippen MR) is 86.8 cm³/mol. The number of anilines is 1. The Morgan fingerprint density at radius 1 is 1.19 bits per heavy atom. The van der Waals surface area contributed by atoms with E-state index in [1.807, 2.05) is 12.1 Å². The molecule has 2 heterocycles. The van der Waals surface area contributed by atoms with E-state index in [1.165, 1.54) is 12.0 Å². The lowest BCUT2D eigenvalue weighted by Gasteiger charge is -2.26. The summed E-state index contributed by atoms with van der Waals surface area (Å²) in [4.78, 5) is 15.0. The number of carbonyl (C=O) groups excluding carboxylic acids is 1. The van der Waals surface area contributed by atoms with Crippen LogP contribution in [0.2, 0.25) is 0 Å². The Kier molecular flexibility index (Phi) is 3.92. The third-order valence-electron chi connectivity index (χ3n) is 4.95. The molecule has 0 unspecified atom stereocenters. The van der Waals surface area contributed by atoms with Gasteiger partial charge in [0.15, 0.2) is 0 Å². The van der Waals surface area contributed by atoms with Crippen LogP contribution in [0.5, 0.6) is 0 Å². The second kappa shape index (κ2) is 5.70. The number of rotatable bonds is 1. The van der Waals surface area contributed by atoms with Crippen molar-refractivity contribution in [1.29, 1.82) is 0 Å². The zero-order valence-electron chi connectivity index (χ0n) is 13.2. The normalized spacial score (nSPS) is 21.1. The number of benzene rings is 1. The Morgan fingerprint density at radius 2 is 2.05 bits per heavy atom. The van der Waals surface area contributed by atoms with Crippen LogP contribution in [0.3, 0.4) is 0 Å². The summed E-state index contributed by atoms with van der Waals surface area (Å²) in [6.45, 7) is 7.44. The molecule has 0 radical (unpaired) electrons. The first-order valence-corrected chi connectivity index (χ1v) is 8.22. The molecule has 0 bridgehead atoms. The van der Waals surface area contributed by atoms with Gasteiger partial charge in [0.1, 0.15) is 0 Å². The van der Waals surface area contributed by atoms with Crippen molar-refractivity contribution >= 4 is 11.6 Å². The topological polar surface area (TPSA) is 32.3 Å². The number of hydrogen-bond acceptors (Lipinski definition) is 2. The Hall–Kier alpha value is -1.51. The van der Waals surface area contributed by atoms with Crippen molar-refractivity contribution in [1.82, 2.24) is 4.90 Å². The molecule has 1 amide bonds. The highest BCUT2D eigenvalue weighted by Crippen LogP contribution is 2.31. The molecule has 0 spiro atoms. The number of hydrogen-bond donors (Lipinski definition) is 1. The fourth-order valence-corrected chi connectivity index (χ4v) is 3.51. The molecule has 1 saturated heterocycles. The van der Waals surface area contributed by atoms with Crippen molar-refractivity contribution in [3.8, 4) is 0 Å². The molecule has 0 saturated carbocycles. The number of carbonyl (C=O) groups is 1. The van der Waals surface area contributed by atoms with Gasteiger partial charge in [-0.1, -0.05) is 19.9 Å². The van der Waals surface area contributed by atoms with Gasteiger partial charge in [0.05, 0.1) is 0 Å². The summed E-state index contributed by atoms with van der Waals surface area (Å²) in [5.74, 6) is 0.230. The van der Waals surface area contributed by atoms with E-state index in [1.54, 1.807) is 0 Å². The van der Waals surface area contributed by atoms with E-state index in [-0.39, 0.29) is 5.91 Å². The number of nitrogens with one attached hydrogen (secondary N) is 1. The molecule has 0 aromatic heterocycles. The quantitative estimate of drug-likeness (QED) is 0.854. The van der Waals surface area contributed by atoms with Gasteiger partial charge in [-0.05, 0) is 55.2 Å². The van der Waals surface area contributed by atoms with Gasteiger partial charge in [-0.15, -0.1) is 0 Å². The van der Waals surface area contributed by atoms with E-state index in [9.17, 15) is 4.79 Å². The molecule has 3 heteroatoms. The van der Waals surface area contributed by atoms with Crippen molar-refractivity contribution in [2.45, 2.75) is 46.0 Å². The Morgan fingerprint density at radius 3 is 2.90 bits per heavy atom. The highest BCUT2D eigenvalue weighted by atomic mass is 16.2. The van der Waals surface area contributed by atoms with Gasteiger partial charge in [-0.3, -0.25) is 4.79 Å².